The number of pyridine rings is 1. The minimum Gasteiger partial charge on any atom is -0.398 e. The molecule has 2 atom stereocenters. The highest BCUT2D eigenvalue weighted by molar-refractivity contribution is 5.90. The Labute approximate surface area is 169 Å². The first kappa shape index (κ1) is 20.0. The standard InChI is InChI=1S/C22H23N5O2/c1-14(15-8-4-2-5-9-15)25-22(29)27-19-12-17(23)20(18(13-28)26-19)21(24)16-10-6-3-7-11-16/h2-14,21H,24H2,1H3,(H4,23,25,26,27,29). The second kappa shape index (κ2) is 8.99. The highest BCUT2D eigenvalue weighted by Crippen LogP contribution is 2.28. The monoisotopic (exact) mass is 389 g/mol. The van der Waals surface area contributed by atoms with Crippen molar-refractivity contribution < 1.29 is 9.59 Å². The van der Waals surface area contributed by atoms with Crippen molar-refractivity contribution in [3.05, 3.63) is 89.1 Å². The van der Waals surface area contributed by atoms with Crippen LogP contribution in [-0.2, 0) is 0 Å². The number of carbonyl (C=O) groups excluding carboxylic acids is 2. The van der Waals surface area contributed by atoms with Crippen LogP contribution in [0.5, 0.6) is 0 Å². The van der Waals surface area contributed by atoms with Gasteiger partial charge < -0.3 is 16.8 Å². The summed E-state index contributed by atoms with van der Waals surface area (Å²) in [5, 5.41) is 5.44. The lowest BCUT2D eigenvalue weighted by Crippen LogP contribution is -2.31. The molecule has 0 aliphatic rings. The van der Waals surface area contributed by atoms with E-state index in [1.807, 2.05) is 67.6 Å². The Balaban J connectivity index is 1.78. The van der Waals surface area contributed by atoms with Crippen molar-refractivity contribution in [2.75, 3.05) is 11.1 Å². The quantitative estimate of drug-likeness (QED) is 0.481. The second-order valence-electron chi connectivity index (χ2n) is 6.63. The molecule has 2 amide bonds. The van der Waals surface area contributed by atoms with Crippen molar-refractivity contribution in [1.29, 1.82) is 0 Å². The van der Waals surface area contributed by atoms with Gasteiger partial charge in [-0.15, -0.1) is 0 Å². The van der Waals surface area contributed by atoms with E-state index in [9.17, 15) is 9.59 Å². The number of carbonyl (C=O) groups is 2. The van der Waals surface area contributed by atoms with Gasteiger partial charge in [0.1, 0.15) is 11.5 Å². The molecule has 0 fully saturated rings. The van der Waals surface area contributed by atoms with Gasteiger partial charge >= 0.3 is 6.03 Å². The van der Waals surface area contributed by atoms with Gasteiger partial charge in [-0.25, -0.2) is 9.78 Å². The third-order valence-corrected chi connectivity index (χ3v) is 4.59. The molecule has 6 N–H and O–H groups in total. The number of amides is 2. The largest absolute Gasteiger partial charge is 0.398 e. The van der Waals surface area contributed by atoms with Crippen molar-refractivity contribution in [3.8, 4) is 0 Å². The highest BCUT2D eigenvalue weighted by atomic mass is 16.2. The lowest BCUT2D eigenvalue weighted by Gasteiger charge is -2.18. The van der Waals surface area contributed by atoms with E-state index in [4.69, 9.17) is 11.5 Å². The van der Waals surface area contributed by atoms with Crippen LogP contribution in [0.3, 0.4) is 0 Å². The number of aldehydes is 1. The number of benzene rings is 2. The number of nitrogen functional groups attached to an aromatic ring is 1. The third kappa shape index (κ3) is 4.77. The van der Waals surface area contributed by atoms with Crippen LogP contribution < -0.4 is 22.1 Å². The molecule has 3 aromatic rings. The first-order chi connectivity index (χ1) is 14.0. The number of hydrogen-bond acceptors (Lipinski definition) is 5. The van der Waals surface area contributed by atoms with Crippen LogP contribution in [-0.4, -0.2) is 17.3 Å². The Kier molecular flexibility index (Phi) is 6.21. The zero-order chi connectivity index (χ0) is 20.8. The van der Waals surface area contributed by atoms with Crippen molar-refractivity contribution >= 4 is 23.8 Å². The maximum Gasteiger partial charge on any atom is 0.320 e. The first-order valence-corrected chi connectivity index (χ1v) is 9.18. The molecule has 1 heterocycles. The van der Waals surface area contributed by atoms with Gasteiger partial charge in [0, 0.05) is 17.3 Å². The fourth-order valence-electron chi connectivity index (χ4n) is 3.09. The van der Waals surface area contributed by atoms with E-state index in [-0.39, 0.29) is 23.2 Å². The number of nitrogens with zero attached hydrogens (tertiary/aromatic N) is 1. The molecule has 7 heteroatoms. The lowest BCUT2D eigenvalue weighted by atomic mass is 9.97. The minimum atomic E-state index is -0.607. The number of nitrogens with one attached hydrogen (secondary N) is 2. The highest BCUT2D eigenvalue weighted by Gasteiger charge is 2.19. The van der Waals surface area contributed by atoms with Crippen LogP contribution in [0.2, 0.25) is 0 Å². The molecule has 0 aliphatic carbocycles. The number of anilines is 2. The number of nitrogens with two attached hydrogens (primary N) is 2. The molecule has 0 bridgehead atoms. The van der Waals surface area contributed by atoms with Gasteiger partial charge in [0.25, 0.3) is 0 Å². The normalized spacial score (nSPS) is 12.6. The molecule has 7 nitrogen and oxygen atoms in total. The fourth-order valence-corrected chi connectivity index (χ4v) is 3.09. The van der Waals surface area contributed by atoms with Gasteiger partial charge in [-0.1, -0.05) is 60.7 Å². The molecule has 148 valence electrons. The predicted octanol–water partition coefficient (Wildman–Crippen LogP) is 3.41. The van der Waals surface area contributed by atoms with Crippen LogP contribution in [0.4, 0.5) is 16.3 Å². The van der Waals surface area contributed by atoms with E-state index in [0.29, 0.717) is 11.8 Å². The Hall–Kier alpha value is -3.71. The van der Waals surface area contributed by atoms with Gasteiger partial charge in [0.15, 0.2) is 6.29 Å². The zero-order valence-electron chi connectivity index (χ0n) is 16.0. The van der Waals surface area contributed by atoms with E-state index in [2.05, 4.69) is 15.6 Å². The molecule has 0 spiro atoms. The molecule has 3 rings (SSSR count). The Bertz CT molecular complexity index is 993. The summed E-state index contributed by atoms with van der Waals surface area (Å²) in [5.74, 6) is 0.173. The SMILES string of the molecule is CC(NC(=O)Nc1cc(N)c(C(N)c2ccccc2)c(C=O)n1)c1ccccc1. The van der Waals surface area contributed by atoms with E-state index in [0.717, 1.165) is 11.1 Å². The maximum atomic E-state index is 12.3. The topological polar surface area (TPSA) is 123 Å². The summed E-state index contributed by atoms with van der Waals surface area (Å²) in [7, 11) is 0. The second-order valence-corrected chi connectivity index (χ2v) is 6.63. The minimum absolute atomic E-state index is 0.0905. The summed E-state index contributed by atoms with van der Waals surface area (Å²) in [5.41, 5.74) is 15.0. The van der Waals surface area contributed by atoms with Crippen molar-refractivity contribution in [1.82, 2.24) is 10.3 Å². The van der Waals surface area contributed by atoms with Crippen molar-refractivity contribution in [3.63, 3.8) is 0 Å². The van der Waals surface area contributed by atoms with Crippen LogP contribution >= 0.6 is 0 Å². The summed E-state index contributed by atoms with van der Waals surface area (Å²) in [6, 6.07) is 19.1. The summed E-state index contributed by atoms with van der Waals surface area (Å²) < 4.78 is 0. The predicted molar refractivity (Wildman–Crippen MR) is 114 cm³/mol. The maximum absolute atomic E-state index is 12.3. The van der Waals surface area contributed by atoms with Crippen molar-refractivity contribution in [2.45, 2.75) is 19.0 Å². The molecule has 0 saturated heterocycles. The Morgan fingerprint density at radius 1 is 1.03 bits per heavy atom. The van der Waals surface area contributed by atoms with E-state index in [1.54, 1.807) is 0 Å². The molecule has 0 radical (unpaired) electrons. The average Bonchev–Trinajstić information content (AvgIpc) is 2.74. The zero-order valence-corrected chi connectivity index (χ0v) is 16.0. The molecular weight excluding hydrogens is 366 g/mol. The van der Waals surface area contributed by atoms with Crippen LogP contribution in [0, 0.1) is 0 Å². The van der Waals surface area contributed by atoms with Gasteiger partial charge in [-0.3, -0.25) is 10.1 Å². The molecule has 2 aromatic carbocycles. The summed E-state index contributed by atoms with van der Waals surface area (Å²) in [6.45, 7) is 1.87. The van der Waals surface area contributed by atoms with Gasteiger partial charge in [-0.2, -0.15) is 0 Å². The van der Waals surface area contributed by atoms with Crippen LogP contribution in [0.15, 0.2) is 66.7 Å². The van der Waals surface area contributed by atoms with E-state index >= 15 is 0 Å². The smallest absolute Gasteiger partial charge is 0.320 e. The fraction of sp³-hybridized carbons (Fsp3) is 0.136. The molecule has 29 heavy (non-hydrogen) atoms. The molecule has 2 unspecified atom stereocenters. The average molecular weight is 389 g/mol. The van der Waals surface area contributed by atoms with Crippen molar-refractivity contribution in [2.24, 2.45) is 5.73 Å². The first-order valence-electron chi connectivity index (χ1n) is 9.18. The lowest BCUT2D eigenvalue weighted by molar-refractivity contribution is 0.111. The van der Waals surface area contributed by atoms with E-state index < -0.39 is 12.1 Å². The summed E-state index contributed by atoms with van der Waals surface area (Å²) in [6.07, 6.45) is 0.587. The number of hydrogen-bond donors (Lipinski definition) is 4. The number of rotatable bonds is 6. The Morgan fingerprint density at radius 2 is 1.62 bits per heavy atom. The number of aromatic nitrogens is 1. The number of urea groups is 1. The molecule has 0 saturated carbocycles. The van der Waals surface area contributed by atoms with E-state index in [1.165, 1.54) is 6.07 Å². The van der Waals surface area contributed by atoms with Gasteiger partial charge in [0.05, 0.1) is 12.1 Å². The van der Waals surface area contributed by atoms with Crippen LogP contribution in [0.1, 0.15) is 46.2 Å². The summed E-state index contributed by atoms with van der Waals surface area (Å²) >= 11 is 0. The molecule has 1 aromatic heterocycles. The van der Waals surface area contributed by atoms with Gasteiger partial charge in [0.2, 0.25) is 0 Å². The summed E-state index contributed by atoms with van der Waals surface area (Å²) in [4.78, 5) is 28.2. The molecule has 0 aliphatic heterocycles. The van der Waals surface area contributed by atoms with Gasteiger partial charge in [-0.05, 0) is 18.1 Å². The van der Waals surface area contributed by atoms with Crippen LogP contribution in [0.25, 0.3) is 0 Å². The third-order valence-electron chi connectivity index (χ3n) is 4.59. The molecular formula is C22H23N5O2. The Morgan fingerprint density at radius 3 is 2.21 bits per heavy atom.